The van der Waals surface area contributed by atoms with Crippen LogP contribution in [0.4, 0.5) is 26.3 Å². The van der Waals surface area contributed by atoms with Gasteiger partial charge in [-0.15, -0.1) is 0 Å². The molecule has 2 aromatic heterocycles. The summed E-state index contributed by atoms with van der Waals surface area (Å²) in [6.45, 7) is 1.47. The monoisotopic (exact) mass is 463 g/mol. The van der Waals surface area contributed by atoms with Gasteiger partial charge in [-0.3, -0.25) is 4.79 Å². The molecule has 1 N–H and O–H groups in total. The Morgan fingerprint density at radius 2 is 1.71 bits per heavy atom. The SMILES string of the molecule is CC(NC(=O)c1cc(Cl)cc(C(F)(F)F)c1)c1ncnn1-c1ccc(C(F)(F)F)cn1. The molecule has 0 aliphatic heterocycles. The van der Waals surface area contributed by atoms with E-state index in [-0.39, 0.29) is 22.2 Å². The minimum Gasteiger partial charge on any atom is -0.342 e. The van der Waals surface area contributed by atoms with Crippen LogP contribution in [-0.2, 0) is 12.4 Å². The molecule has 1 unspecified atom stereocenters. The second-order valence-corrected chi connectivity index (χ2v) is 6.79. The van der Waals surface area contributed by atoms with E-state index in [1.54, 1.807) is 0 Å². The van der Waals surface area contributed by atoms with Crippen molar-refractivity contribution in [1.29, 1.82) is 0 Å². The number of aromatic nitrogens is 4. The fourth-order valence-corrected chi connectivity index (χ4v) is 2.87. The highest BCUT2D eigenvalue weighted by atomic mass is 35.5. The molecule has 1 amide bonds. The topological polar surface area (TPSA) is 72.7 Å². The molecule has 3 rings (SSSR count). The summed E-state index contributed by atoms with van der Waals surface area (Å²) in [5.41, 5.74) is -2.37. The highest BCUT2D eigenvalue weighted by molar-refractivity contribution is 6.31. The van der Waals surface area contributed by atoms with E-state index in [4.69, 9.17) is 11.6 Å². The number of pyridine rings is 1. The first kappa shape index (κ1) is 22.5. The first-order valence-corrected chi connectivity index (χ1v) is 8.86. The van der Waals surface area contributed by atoms with Gasteiger partial charge in [0.2, 0.25) is 0 Å². The summed E-state index contributed by atoms with van der Waals surface area (Å²) in [7, 11) is 0. The standard InChI is InChI=1S/C18H12ClF6N5O/c1-9(29-16(31)10-4-12(18(23,24)25)6-13(19)5-10)15-27-8-28-30(15)14-3-2-11(7-26-14)17(20,21)22/h2-9H,1H3,(H,29,31). The zero-order chi connectivity index (χ0) is 23.0. The molecule has 0 fully saturated rings. The molecule has 0 saturated carbocycles. The van der Waals surface area contributed by atoms with Crippen LogP contribution in [0.15, 0.2) is 42.9 Å². The lowest BCUT2D eigenvalue weighted by Gasteiger charge is -2.16. The van der Waals surface area contributed by atoms with Gasteiger partial charge >= 0.3 is 12.4 Å². The van der Waals surface area contributed by atoms with Crippen molar-refractivity contribution in [2.75, 3.05) is 0 Å². The molecule has 0 bridgehead atoms. The Morgan fingerprint density at radius 3 is 2.29 bits per heavy atom. The van der Waals surface area contributed by atoms with Crippen molar-refractivity contribution in [3.8, 4) is 5.82 Å². The molecule has 13 heteroatoms. The third-order valence-electron chi connectivity index (χ3n) is 4.09. The molecule has 1 aromatic carbocycles. The average molecular weight is 464 g/mol. The Morgan fingerprint density at radius 1 is 1.03 bits per heavy atom. The number of amides is 1. The van der Waals surface area contributed by atoms with Gasteiger partial charge in [-0.05, 0) is 37.3 Å². The van der Waals surface area contributed by atoms with Crippen molar-refractivity contribution in [3.05, 3.63) is 70.4 Å². The third kappa shape index (κ3) is 5.13. The zero-order valence-electron chi connectivity index (χ0n) is 15.5. The van der Waals surface area contributed by atoms with Crippen LogP contribution in [0.5, 0.6) is 0 Å². The van der Waals surface area contributed by atoms with Gasteiger partial charge in [0.25, 0.3) is 5.91 Å². The first-order valence-electron chi connectivity index (χ1n) is 8.48. The van der Waals surface area contributed by atoms with Crippen LogP contribution in [0.3, 0.4) is 0 Å². The largest absolute Gasteiger partial charge is 0.417 e. The molecule has 164 valence electrons. The van der Waals surface area contributed by atoms with Crippen LogP contribution in [0, 0.1) is 0 Å². The number of benzene rings is 1. The lowest BCUT2D eigenvalue weighted by Crippen LogP contribution is -2.29. The summed E-state index contributed by atoms with van der Waals surface area (Å²) in [4.78, 5) is 20.1. The second kappa shape index (κ2) is 8.17. The Hall–Kier alpha value is -3.15. The molecule has 0 saturated heterocycles. The van der Waals surface area contributed by atoms with E-state index >= 15 is 0 Å². The van der Waals surface area contributed by atoms with E-state index in [9.17, 15) is 31.1 Å². The number of carbonyl (C=O) groups is 1. The van der Waals surface area contributed by atoms with Gasteiger partial charge in [0, 0.05) is 16.8 Å². The Bertz CT molecular complexity index is 1090. The zero-order valence-corrected chi connectivity index (χ0v) is 16.2. The number of hydrogen-bond acceptors (Lipinski definition) is 4. The highest BCUT2D eigenvalue weighted by Gasteiger charge is 2.32. The number of alkyl halides is 6. The third-order valence-corrected chi connectivity index (χ3v) is 4.31. The fraction of sp³-hybridized carbons (Fsp3) is 0.222. The number of rotatable bonds is 4. The van der Waals surface area contributed by atoms with Crippen molar-refractivity contribution >= 4 is 17.5 Å². The summed E-state index contributed by atoms with van der Waals surface area (Å²) < 4.78 is 78.1. The lowest BCUT2D eigenvalue weighted by molar-refractivity contribution is -0.138. The van der Waals surface area contributed by atoms with E-state index in [1.807, 2.05) is 0 Å². The van der Waals surface area contributed by atoms with E-state index < -0.39 is 35.4 Å². The molecule has 0 aliphatic rings. The summed E-state index contributed by atoms with van der Waals surface area (Å²) in [6, 6.07) is 3.41. The van der Waals surface area contributed by atoms with Crippen LogP contribution >= 0.6 is 11.6 Å². The maximum absolute atomic E-state index is 13.0. The minimum absolute atomic E-state index is 0.00344. The van der Waals surface area contributed by atoms with Crippen molar-refractivity contribution in [2.24, 2.45) is 0 Å². The van der Waals surface area contributed by atoms with Gasteiger partial charge in [0.05, 0.1) is 17.2 Å². The summed E-state index contributed by atoms with van der Waals surface area (Å²) in [5, 5.41) is 6.06. The van der Waals surface area contributed by atoms with Crippen molar-refractivity contribution in [1.82, 2.24) is 25.1 Å². The van der Waals surface area contributed by atoms with Gasteiger partial charge in [0.1, 0.15) is 6.33 Å². The number of nitrogens with one attached hydrogen (secondary N) is 1. The molecule has 0 radical (unpaired) electrons. The minimum atomic E-state index is -4.69. The molecular weight excluding hydrogens is 452 g/mol. The molecule has 2 heterocycles. The molecule has 1 atom stereocenters. The summed E-state index contributed by atoms with van der Waals surface area (Å²) in [6.07, 6.45) is -7.54. The van der Waals surface area contributed by atoms with Crippen LogP contribution in [0.2, 0.25) is 5.02 Å². The van der Waals surface area contributed by atoms with Crippen LogP contribution in [0.25, 0.3) is 5.82 Å². The Balaban J connectivity index is 1.83. The first-order chi connectivity index (χ1) is 14.4. The van der Waals surface area contributed by atoms with E-state index in [0.29, 0.717) is 18.3 Å². The Labute approximate surface area is 175 Å². The molecule has 6 nitrogen and oxygen atoms in total. The number of hydrogen-bond donors (Lipinski definition) is 1. The van der Waals surface area contributed by atoms with Gasteiger partial charge in [-0.25, -0.2) is 9.97 Å². The maximum atomic E-state index is 13.0. The normalized spacial score (nSPS) is 13.2. The number of halogens is 7. The van der Waals surface area contributed by atoms with Crippen molar-refractivity contribution in [3.63, 3.8) is 0 Å². The lowest BCUT2D eigenvalue weighted by atomic mass is 10.1. The van der Waals surface area contributed by atoms with Crippen molar-refractivity contribution in [2.45, 2.75) is 25.3 Å². The average Bonchev–Trinajstić information content (AvgIpc) is 3.16. The molecule has 3 aromatic rings. The van der Waals surface area contributed by atoms with E-state index in [1.165, 1.54) is 6.92 Å². The second-order valence-electron chi connectivity index (χ2n) is 6.35. The molecule has 0 aliphatic carbocycles. The van der Waals surface area contributed by atoms with Crippen LogP contribution < -0.4 is 5.32 Å². The smallest absolute Gasteiger partial charge is 0.342 e. The highest BCUT2D eigenvalue weighted by Crippen LogP contribution is 2.32. The predicted molar refractivity (Wildman–Crippen MR) is 96.5 cm³/mol. The summed E-state index contributed by atoms with van der Waals surface area (Å²) in [5.74, 6) is -0.766. The number of carbonyl (C=O) groups excluding carboxylic acids is 1. The van der Waals surface area contributed by atoms with Crippen LogP contribution in [0.1, 0.15) is 40.3 Å². The van der Waals surface area contributed by atoms with E-state index in [2.05, 4.69) is 20.4 Å². The quantitative estimate of drug-likeness (QED) is 0.562. The van der Waals surface area contributed by atoms with Crippen LogP contribution in [-0.4, -0.2) is 25.7 Å². The molecule has 31 heavy (non-hydrogen) atoms. The molecule has 0 spiro atoms. The van der Waals surface area contributed by atoms with Gasteiger partial charge in [-0.1, -0.05) is 11.6 Å². The van der Waals surface area contributed by atoms with Gasteiger partial charge in [-0.2, -0.15) is 36.1 Å². The van der Waals surface area contributed by atoms with Gasteiger partial charge in [0.15, 0.2) is 11.6 Å². The number of nitrogens with zero attached hydrogens (tertiary/aromatic N) is 4. The Kier molecular flexibility index (Phi) is 5.94. The fourth-order valence-electron chi connectivity index (χ4n) is 2.63. The summed E-state index contributed by atoms with van der Waals surface area (Å²) >= 11 is 5.69. The van der Waals surface area contributed by atoms with Crippen molar-refractivity contribution < 1.29 is 31.1 Å². The van der Waals surface area contributed by atoms with E-state index in [0.717, 1.165) is 29.2 Å². The molecular formula is C18H12ClF6N5O. The maximum Gasteiger partial charge on any atom is 0.417 e. The van der Waals surface area contributed by atoms with Gasteiger partial charge < -0.3 is 5.32 Å². The predicted octanol–water partition coefficient (Wildman–Crippen LogP) is 4.84.